The van der Waals surface area contributed by atoms with Crippen LogP contribution in [0.25, 0.3) is 22.3 Å². The molecule has 1 fully saturated rings. The first-order valence-corrected chi connectivity index (χ1v) is 10.3. The molecule has 6 nitrogen and oxygen atoms in total. The minimum Gasteiger partial charge on any atom is -0.339 e. The summed E-state index contributed by atoms with van der Waals surface area (Å²) < 4.78 is 2.05. The van der Waals surface area contributed by atoms with Crippen LogP contribution in [0.4, 0.5) is 0 Å². The highest BCUT2D eigenvalue weighted by atomic mass is 16.2. The molecule has 1 aliphatic rings. The fourth-order valence-corrected chi connectivity index (χ4v) is 4.21. The number of carbonyl (C=O) groups is 1. The van der Waals surface area contributed by atoms with Crippen molar-refractivity contribution in [1.82, 2.24) is 24.4 Å². The molecule has 30 heavy (non-hydrogen) atoms. The van der Waals surface area contributed by atoms with Crippen LogP contribution in [0.5, 0.6) is 0 Å². The van der Waals surface area contributed by atoms with E-state index in [9.17, 15) is 4.79 Å². The minimum absolute atomic E-state index is 0.0795. The number of aromatic nitrogens is 4. The number of imidazole rings is 1. The lowest BCUT2D eigenvalue weighted by molar-refractivity contribution is 0.0712. The molecule has 0 atom stereocenters. The maximum Gasteiger partial charge on any atom is 0.253 e. The molecule has 1 amide bonds. The largest absolute Gasteiger partial charge is 0.339 e. The summed E-state index contributed by atoms with van der Waals surface area (Å²) >= 11 is 0. The summed E-state index contributed by atoms with van der Waals surface area (Å²) in [5.41, 5.74) is 5.81. The number of nitrogens with zero attached hydrogens (tertiary/aromatic N) is 5. The number of amides is 1. The van der Waals surface area contributed by atoms with Crippen LogP contribution in [0.2, 0.25) is 0 Å². The fraction of sp³-hybridized carbons (Fsp3) is 0.250. The van der Waals surface area contributed by atoms with Crippen molar-refractivity contribution in [3.8, 4) is 11.3 Å². The van der Waals surface area contributed by atoms with Gasteiger partial charge in [-0.15, -0.1) is 0 Å². The van der Waals surface area contributed by atoms with Crippen molar-refractivity contribution < 1.29 is 4.79 Å². The molecule has 1 aliphatic heterocycles. The zero-order chi connectivity index (χ0) is 20.5. The molecule has 0 N–H and O–H groups in total. The molecule has 0 radical (unpaired) electrons. The van der Waals surface area contributed by atoms with Crippen LogP contribution in [0, 0.1) is 0 Å². The van der Waals surface area contributed by atoms with E-state index in [0.717, 1.165) is 53.9 Å². The summed E-state index contributed by atoms with van der Waals surface area (Å²) in [6.45, 7) is 1.47. The summed E-state index contributed by atoms with van der Waals surface area (Å²) in [5.74, 6) is 0.407. The molecule has 0 saturated carbocycles. The standard InChI is InChI=1S/C24H23N5O/c1-28-16-26-23-21(28)15-20(27-22(23)18-5-3-2-4-6-18)17-9-13-29(14-10-17)24(30)19-7-11-25-12-8-19/h2-8,11-12,15-17H,9-10,13-14H2,1H3. The van der Waals surface area contributed by atoms with E-state index < -0.39 is 0 Å². The lowest BCUT2D eigenvalue weighted by Gasteiger charge is -2.32. The molecule has 0 bridgehead atoms. The first-order valence-electron chi connectivity index (χ1n) is 10.3. The van der Waals surface area contributed by atoms with E-state index in [1.165, 1.54) is 0 Å². The Kier molecular flexibility index (Phi) is 4.75. The summed E-state index contributed by atoms with van der Waals surface area (Å²) in [6, 6.07) is 15.9. The third-order valence-electron chi connectivity index (χ3n) is 5.91. The Hall–Kier alpha value is -3.54. The Balaban J connectivity index is 1.42. The van der Waals surface area contributed by atoms with Gasteiger partial charge in [-0.2, -0.15) is 0 Å². The van der Waals surface area contributed by atoms with Crippen LogP contribution < -0.4 is 0 Å². The molecule has 1 saturated heterocycles. The van der Waals surface area contributed by atoms with Gasteiger partial charge in [-0.05, 0) is 31.0 Å². The highest BCUT2D eigenvalue weighted by Gasteiger charge is 2.26. The number of fused-ring (bicyclic) bond motifs is 1. The second-order valence-electron chi connectivity index (χ2n) is 7.79. The molecule has 4 aromatic rings. The van der Waals surface area contributed by atoms with Gasteiger partial charge < -0.3 is 9.47 Å². The van der Waals surface area contributed by atoms with Crippen LogP contribution in [-0.2, 0) is 7.05 Å². The smallest absolute Gasteiger partial charge is 0.253 e. The van der Waals surface area contributed by atoms with Gasteiger partial charge in [0.2, 0.25) is 0 Å². The van der Waals surface area contributed by atoms with Crippen molar-refractivity contribution in [2.24, 2.45) is 7.05 Å². The first-order chi connectivity index (χ1) is 14.7. The number of hydrogen-bond donors (Lipinski definition) is 0. The average Bonchev–Trinajstić information content (AvgIpc) is 3.20. The van der Waals surface area contributed by atoms with E-state index in [-0.39, 0.29) is 5.91 Å². The Bertz CT molecular complexity index is 1180. The quantitative estimate of drug-likeness (QED) is 0.523. The maximum atomic E-state index is 12.7. The summed E-state index contributed by atoms with van der Waals surface area (Å²) in [6.07, 6.45) is 6.98. The van der Waals surface area contributed by atoms with E-state index >= 15 is 0 Å². The second-order valence-corrected chi connectivity index (χ2v) is 7.79. The zero-order valence-electron chi connectivity index (χ0n) is 16.9. The van der Waals surface area contributed by atoms with Gasteiger partial charge in [-0.25, -0.2) is 4.98 Å². The molecular weight excluding hydrogens is 374 g/mol. The molecule has 0 aliphatic carbocycles. The number of pyridine rings is 2. The Labute approximate surface area is 175 Å². The third kappa shape index (κ3) is 3.34. The number of rotatable bonds is 3. The fourth-order valence-electron chi connectivity index (χ4n) is 4.21. The van der Waals surface area contributed by atoms with Crippen LogP contribution in [0.3, 0.4) is 0 Å². The van der Waals surface area contributed by atoms with Gasteiger partial charge in [0.05, 0.1) is 17.5 Å². The molecule has 0 unspecified atom stereocenters. The van der Waals surface area contributed by atoms with Gasteiger partial charge in [0, 0.05) is 55.3 Å². The Morgan fingerprint density at radius 3 is 2.50 bits per heavy atom. The monoisotopic (exact) mass is 397 g/mol. The van der Waals surface area contributed by atoms with E-state index in [1.54, 1.807) is 24.5 Å². The van der Waals surface area contributed by atoms with Crippen molar-refractivity contribution in [2.45, 2.75) is 18.8 Å². The Morgan fingerprint density at radius 2 is 1.77 bits per heavy atom. The van der Waals surface area contributed by atoms with Gasteiger partial charge >= 0.3 is 0 Å². The number of likely N-dealkylation sites (tertiary alicyclic amines) is 1. The van der Waals surface area contributed by atoms with E-state index in [1.807, 2.05) is 36.5 Å². The minimum atomic E-state index is 0.0795. The van der Waals surface area contributed by atoms with Crippen LogP contribution in [-0.4, -0.2) is 43.4 Å². The van der Waals surface area contributed by atoms with Crippen LogP contribution >= 0.6 is 0 Å². The van der Waals surface area contributed by atoms with E-state index in [2.05, 4.69) is 32.7 Å². The average molecular weight is 397 g/mol. The van der Waals surface area contributed by atoms with Crippen molar-refractivity contribution in [1.29, 1.82) is 0 Å². The number of carbonyl (C=O) groups excluding carboxylic acids is 1. The topological polar surface area (TPSA) is 63.9 Å². The van der Waals surface area contributed by atoms with Gasteiger partial charge in [0.1, 0.15) is 5.52 Å². The summed E-state index contributed by atoms with van der Waals surface area (Å²) in [7, 11) is 2.02. The molecule has 3 aromatic heterocycles. The predicted octanol–water partition coefficient (Wildman–Crippen LogP) is 4.05. The number of benzene rings is 1. The number of aryl methyl sites for hydroxylation is 1. The van der Waals surface area contributed by atoms with Gasteiger partial charge in [0.25, 0.3) is 5.91 Å². The first kappa shape index (κ1) is 18.5. The van der Waals surface area contributed by atoms with Gasteiger partial charge in [0.15, 0.2) is 0 Å². The van der Waals surface area contributed by atoms with Gasteiger partial charge in [-0.1, -0.05) is 30.3 Å². The van der Waals surface area contributed by atoms with Crippen molar-refractivity contribution in [2.75, 3.05) is 13.1 Å². The van der Waals surface area contributed by atoms with Crippen molar-refractivity contribution in [3.05, 3.63) is 78.5 Å². The lowest BCUT2D eigenvalue weighted by Crippen LogP contribution is -2.38. The van der Waals surface area contributed by atoms with Crippen molar-refractivity contribution >= 4 is 16.9 Å². The zero-order valence-corrected chi connectivity index (χ0v) is 16.9. The van der Waals surface area contributed by atoms with Crippen molar-refractivity contribution in [3.63, 3.8) is 0 Å². The van der Waals surface area contributed by atoms with E-state index in [4.69, 9.17) is 4.98 Å². The molecule has 4 heterocycles. The van der Waals surface area contributed by atoms with Gasteiger partial charge in [-0.3, -0.25) is 14.8 Å². The third-order valence-corrected chi connectivity index (χ3v) is 5.91. The van der Waals surface area contributed by atoms with Crippen LogP contribution in [0.15, 0.2) is 67.3 Å². The molecule has 6 heteroatoms. The molecule has 1 aromatic carbocycles. The SMILES string of the molecule is Cn1cnc2c(-c3ccccc3)nc(C3CCN(C(=O)c4ccncc4)CC3)cc21. The van der Waals surface area contributed by atoms with Crippen LogP contribution in [0.1, 0.15) is 34.8 Å². The highest BCUT2D eigenvalue weighted by molar-refractivity contribution is 5.94. The number of hydrogen-bond acceptors (Lipinski definition) is 4. The summed E-state index contributed by atoms with van der Waals surface area (Å²) in [5, 5.41) is 0. The maximum absolute atomic E-state index is 12.7. The molecule has 5 rings (SSSR count). The number of piperidine rings is 1. The Morgan fingerprint density at radius 1 is 1.03 bits per heavy atom. The predicted molar refractivity (Wildman–Crippen MR) is 116 cm³/mol. The highest BCUT2D eigenvalue weighted by Crippen LogP contribution is 2.33. The molecule has 0 spiro atoms. The molecule has 150 valence electrons. The summed E-state index contributed by atoms with van der Waals surface area (Å²) in [4.78, 5) is 28.3. The second kappa shape index (κ2) is 7.71. The van der Waals surface area contributed by atoms with E-state index in [0.29, 0.717) is 11.5 Å². The normalized spacial score (nSPS) is 14.9. The lowest BCUT2D eigenvalue weighted by atomic mass is 9.92. The molecular formula is C24H23N5O.